The molecule has 0 aliphatic rings. The topological polar surface area (TPSA) is 66.9 Å². The highest BCUT2D eigenvalue weighted by Gasteiger charge is 2.15. The molecule has 0 fully saturated rings. The molecule has 0 bridgehead atoms. The smallest absolute Gasteiger partial charge is 0.258 e. The molecule has 0 spiro atoms. The third-order valence-corrected chi connectivity index (χ3v) is 3.32. The molecule has 3 aromatic rings. The van der Waals surface area contributed by atoms with Gasteiger partial charge in [-0.2, -0.15) is 0 Å². The number of amides is 1. The van der Waals surface area contributed by atoms with Gasteiger partial charge in [0.15, 0.2) is 17.5 Å². The summed E-state index contributed by atoms with van der Waals surface area (Å²) in [6.45, 7) is 0. The van der Waals surface area contributed by atoms with Crippen LogP contribution in [-0.2, 0) is 0 Å². The molecule has 2 aromatic carbocycles. The van der Waals surface area contributed by atoms with Crippen LogP contribution < -0.4 is 10.6 Å². The van der Waals surface area contributed by atoms with Crippen LogP contribution in [0.4, 0.5) is 34.9 Å². The number of benzene rings is 2. The summed E-state index contributed by atoms with van der Waals surface area (Å²) in [5.41, 5.74) is -0.361. The van der Waals surface area contributed by atoms with Gasteiger partial charge in [0.1, 0.15) is 5.82 Å². The molecule has 3 rings (SSSR count). The van der Waals surface area contributed by atoms with E-state index in [4.69, 9.17) is 0 Å². The average Bonchev–Trinajstić information content (AvgIpc) is 2.64. The van der Waals surface area contributed by atoms with Gasteiger partial charge in [0.2, 0.25) is 5.95 Å². The molecule has 0 unspecified atom stereocenters. The largest absolute Gasteiger partial charge is 0.322 e. The van der Waals surface area contributed by atoms with E-state index in [0.717, 1.165) is 24.5 Å². The summed E-state index contributed by atoms with van der Waals surface area (Å²) in [6, 6.07) is 7.34. The Balaban J connectivity index is 1.73. The van der Waals surface area contributed by atoms with Crippen molar-refractivity contribution in [1.82, 2.24) is 9.97 Å². The van der Waals surface area contributed by atoms with E-state index in [1.54, 1.807) is 6.07 Å². The second kappa shape index (κ2) is 7.18. The minimum atomic E-state index is -1.63. The summed E-state index contributed by atoms with van der Waals surface area (Å²) in [7, 11) is 0. The number of carbonyl (C=O) groups is 1. The first-order valence-electron chi connectivity index (χ1n) is 7.24. The predicted octanol–water partition coefficient (Wildman–Crippen LogP) is 4.03. The highest BCUT2D eigenvalue weighted by molar-refractivity contribution is 6.03. The molecule has 26 heavy (non-hydrogen) atoms. The second-order valence-electron chi connectivity index (χ2n) is 5.08. The fraction of sp³-hybridized carbons (Fsp3) is 0. The van der Waals surface area contributed by atoms with Crippen molar-refractivity contribution in [2.45, 2.75) is 0 Å². The molecule has 0 saturated heterocycles. The van der Waals surface area contributed by atoms with Gasteiger partial charge in [-0.3, -0.25) is 4.79 Å². The Morgan fingerprint density at radius 2 is 1.50 bits per heavy atom. The van der Waals surface area contributed by atoms with Crippen molar-refractivity contribution < 1.29 is 22.4 Å². The predicted molar refractivity (Wildman–Crippen MR) is 86.0 cm³/mol. The fourth-order valence-electron chi connectivity index (χ4n) is 2.01. The van der Waals surface area contributed by atoms with Crippen LogP contribution >= 0.6 is 0 Å². The van der Waals surface area contributed by atoms with E-state index in [9.17, 15) is 22.4 Å². The molecule has 9 heteroatoms. The number of carbonyl (C=O) groups excluding carboxylic acids is 1. The Hall–Kier alpha value is -3.49. The lowest BCUT2D eigenvalue weighted by atomic mass is 10.2. The first kappa shape index (κ1) is 17.3. The minimum Gasteiger partial charge on any atom is -0.322 e. The molecular formula is C17H10F4N4O. The molecule has 1 heterocycles. The molecular weight excluding hydrogens is 352 g/mol. The first-order valence-corrected chi connectivity index (χ1v) is 7.24. The van der Waals surface area contributed by atoms with E-state index in [0.29, 0.717) is 0 Å². The number of nitrogens with one attached hydrogen (secondary N) is 2. The zero-order valence-corrected chi connectivity index (χ0v) is 12.9. The molecule has 0 saturated carbocycles. The van der Waals surface area contributed by atoms with Gasteiger partial charge in [0.05, 0.1) is 16.9 Å². The molecule has 0 atom stereocenters. The average molecular weight is 362 g/mol. The number of rotatable bonds is 4. The Bertz CT molecular complexity index is 963. The summed E-state index contributed by atoms with van der Waals surface area (Å²) < 4.78 is 53.2. The molecule has 2 N–H and O–H groups in total. The number of anilines is 3. The Kier molecular flexibility index (Phi) is 4.78. The fourth-order valence-corrected chi connectivity index (χ4v) is 2.01. The van der Waals surface area contributed by atoms with Crippen LogP contribution in [0.5, 0.6) is 0 Å². The third kappa shape index (κ3) is 3.61. The van der Waals surface area contributed by atoms with Crippen molar-refractivity contribution in [3.05, 3.63) is 77.6 Å². The summed E-state index contributed by atoms with van der Waals surface area (Å²) in [6.07, 6.45) is 2.23. The van der Waals surface area contributed by atoms with Gasteiger partial charge in [-0.05, 0) is 24.3 Å². The summed E-state index contributed by atoms with van der Waals surface area (Å²) in [5, 5.41) is 4.72. The number of halogens is 4. The van der Waals surface area contributed by atoms with Crippen molar-refractivity contribution in [3.8, 4) is 0 Å². The Morgan fingerprint density at radius 3 is 2.19 bits per heavy atom. The highest BCUT2D eigenvalue weighted by Crippen LogP contribution is 2.22. The lowest BCUT2D eigenvalue weighted by molar-refractivity contribution is 0.102. The van der Waals surface area contributed by atoms with E-state index in [2.05, 4.69) is 20.6 Å². The number of nitrogens with zero attached hydrogens (tertiary/aromatic N) is 2. The second-order valence-corrected chi connectivity index (χ2v) is 5.08. The van der Waals surface area contributed by atoms with Gasteiger partial charge >= 0.3 is 0 Å². The van der Waals surface area contributed by atoms with Gasteiger partial charge in [-0.25, -0.2) is 27.5 Å². The maximum Gasteiger partial charge on any atom is 0.258 e. The monoisotopic (exact) mass is 362 g/mol. The summed E-state index contributed by atoms with van der Waals surface area (Å²) in [5.74, 6) is -5.77. The quantitative estimate of drug-likeness (QED) is 0.543. The van der Waals surface area contributed by atoms with Crippen LogP contribution in [0.3, 0.4) is 0 Å². The lowest BCUT2D eigenvalue weighted by Crippen LogP contribution is -2.14. The normalized spacial score (nSPS) is 10.5. The van der Waals surface area contributed by atoms with E-state index >= 15 is 0 Å². The number of para-hydroxylation sites is 1. The van der Waals surface area contributed by atoms with Crippen LogP contribution in [0.25, 0.3) is 0 Å². The van der Waals surface area contributed by atoms with Crippen LogP contribution in [0.2, 0.25) is 0 Å². The summed E-state index contributed by atoms with van der Waals surface area (Å²) >= 11 is 0. The van der Waals surface area contributed by atoms with E-state index in [-0.39, 0.29) is 22.9 Å². The zero-order chi connectivity index (χ0) is 18.7. The minimum absolute atomic E-state index is 0.0106. The first-order chi connectivity index (χ1) is 12.5. The number of aromatic nitrogens is 2. The third-order valence-electron chi connectivity index (χ3n) is 3.32. The van der Waals surface area contributed by atoms with Gasteiger partial charge in [0, 0.05) is 12.4 Å². The van der Waals surface area contributed by atoms with Gasteiger partial charge in [-0.1, -0.05) is 12.1 Å². The molecule has 5 nitrogen and oxygen atoms in total. The Labute approximate surface area is 144 Å². The molecule has 0 aliphatic heterocycles. The standard InChI is InChI=1S/C17H10F4N4O/c18-10-3-1-2-4-12(10)24-16(26)9-7-22-17(23-8-9)25-13-6-5-11(19)14(20)15(13)21/h1-8H,(H,24,26)(H,22,23,25). The SMILES string of the molecule is O=C(Nc1ccccc1F)c1cnc(Nc2ccc(F)c(F)c2F)nc1. The van der Waals surface area contributed by atoms with Crippen molar-refractivity contribution >= 4 is 23.2 Å². The van der Waals surface area contributed by atoms with Crippen LogP contribution in [0, 0.1) is 23.3 Å². The van der Waals surface area contributed by atoms with Crippen LogP contribution in [-0.4, -0.2) is 15.9 Å². The number of hydrogen-bond acceptors (Lipinski definition) is 4. The van der Waals surface area contributed by atoms with Crippen LogP contribution in [0.1, 0.15) is 10.4 Å². The molecule has 1 amide bonds. The van der Waals surface area contributed by atoms with E-state index in [1.807, 2.05) is 0 Å². The summed E-state index contributed by atoms with van der Waals surface area (Å²) in [4.78, 5) is 19.6. The van der Waals surface area contributed by atoms with Gasteiger partial charge < -0.3 is 10.6 Å². The molecule has 0 radical (unpaired) electrons. The van der Waals surface area contributed by atoms with Gasteiger partial charge in [-0.15, -0.1) is 0 Å². The van der Waals surface area contributed by atoms with E-state index in [1.165, 1.54) is 18.2 Å². The van der Waals surface area contributed by atoms with Crippen molar-refractivity contribution in [1.29, 1.82) is 0 Å². The lowest BCUT2D eigenvalue weighted by Gasteiger charge is -2.08. The van der Waals surface area contributed by atoms with Crippen molar-refractivity contribution in [2.24, 2.45) is 0 Å². The van der Waals surface area contributed by atoms with E-state index < -0.39 is 29.2 Å². The van der Waals surface area contributed by atoms with Gasteiger partial charge in [0.25, 0.3) is 5.91 Å². The molecule has 1 aromatic heterocycles. The van der Waals surface area contributed by atoms with Crippen molar-refractivity contribution in [2.75, 3.05) is 10.6 Å². The van der Waals surface area contributed by atoms with Crippen LogP contribution in [0.15, 0.2) is 48.8 Å². The molecule has 0 aliphatic carbocycles. The Morgan fingerprint density at radius 1 is 0.808 bits per heavy atom. The zero-order valence-electron chi connectivity index (χ0n) is 12.9. The number of hydrogen-bond donors (Lipinski definition) is 2. The van der Waals surface area contributed by atoms with Crippen molar-refractivity contribution in [3.63, 3.8) is 0 Å². The maximum atomic E-state index is 13.6. The highest BCUT2D eigenvalue weighted by atomic mass is 19.2. The molecule has 132 valence electrons. The maximum absolute atomic E-state index is 13.6.